The summed E-state index contributed by atoms with van der Waals surface area (Å²) in [5, 5.41) is 36.9. The standard InChI is InChI=1S/C26H34N8O10S/c27-15(5-12-1-3-14(35)4-2-12)22(39)31-18(8-21(37)38)25(42)33-17(7-20(28)36)24(41)32-16(6-13-9-29-11-30-13)23(40)34-19(10-45)26(43)44/h1-4,9,11,15-19,35,45H,5-8,10,27H2,(H2,28,36)(H,29,30)(H,31,39)(H,32,41)(H,33,42)(H,34,40)(H,37,38)(H,43,44)/t15-,16-,17-,18-,19-/m0/s1. The SMILES string of the molecule is NC(=O)C[C@H](NC(=O)[C@H](CC(=O)O)NC(=O)[C@@H](N)Cc1ccc(O)cc1)C(=O)N[C@@H](Cc1cnc[nH]1)C(=O)N[C@@H](CS)C(=O)O. The number of nitrogens with zero attached hydrogens (tertiary/aromatic N) is 1. The zero-order valence-electron chi connectivity index (χ0n) is 23.6. The number of amides is 5. The van der Waals surface area contributed by atoms with Crippen LogP contribution >= 0.6 is 12.6 Å². The lowest BCUT2D eigenvalue weighted by molar-refractivity contribution is -0.141. The zero-order chi connectivity index (χ0) is 33.7. The molecular formula is C26H34N8O10S. The van der Waals surface area contributed by atoms with Crippen LogP contribution in [-0.2, 0) is 46.4 Å². The quantitative estimate of drug-likeness (QED) is 0.0701. The molecule has 1 aromatic heterocycles. The largest absolute Gasteiger partial charge is 0.508 e. The minimum Gasteiger partial charge on any atom is -0.508 e. The van der Waals surface area contributed by atoms with Gasteiger partial charge in [-0.3, -0.25) is 28.8 Å². The highest BCUT2D eigenvalue weighted by Gasteiger charge is 2.33. The number of aromatic nitrogens is 2. The number of hydrogen-bond acceptors (Lipinski definition) is 11. The van der Waals surface area contributed by atoms with E-state index in [9.17, 15) is 48.9 Å². The van der Waals surface area contributed by atoms with E-state index in [2.05, 4.69) is 43.9 Å². The van der Waals surface area contributed by atoms with Gasteiger partial charge in [0.2, 0.25) is 29.5 Å². The molecule has 2 aromatic rings. The van der Waals surface area contributed by atoms with Gasteiger partial charge in [-0.15, -0.1) is 0 Å². The monoisotopic (exact) mass is 650 g/mol. The maximum Gasteiger partial charge on any atom is 0.327 e. The number of phenols is 1. The molecule has 5 atom stereocenters. The summed E-state index contributed by atoms with van der Waals surface area (Å²) >= 11 is 3.89. The van der Waals surface area contributed by atoms with Crippen molar-refractivity contribution >= 4 is 54.1 Å². The number of nitrogens with two attached hydrogens (primary N) is 2. The highest BCUT2D eigenvalue weighted by Crippen LogP contribution is 2.11. The number of nitrogens with one attached hydrogen (secondary N) is 5. The molecule has 0 aliphatic rings. The Kier molecular flexibility index (Phi) is 13.8. The molecule has 0 radical (unpaired) electrons. The fourth-order valence-corrected chi connectivity index (χ4v) is 4.13. The van der Waals surface area contributed by atoms with Crippen molar-refractivity contribution in [3.05, 3.63) is 48.0 Å². The molecule has 1 aromatic carbocycles. The van der Waals surface area contributed by atoms with Gasteiger partial charge in [0.1, 0.15) is 29.9 Å². The molecule has 18 nitrogen and oxygen atoms in total. The van der Waals surface area contributed by atoms with Gasteiger partial charge in [-0.05, 0) is 24.1 Å². The molecule has 0 aliphatic heterocycles. The second-order valence-electron chi connectivity index (χ2n) is 9.79. The number of rotatable bonds is 18. The van der Waals surface area contributed by atoms with E-state index in [1.807, 2.05) is 0 Å². The van der Waals surface area contributed by atoms with E-state index in [1.54, 1.807) is 0 Å². The predicted octanol–water partition coefficient (Wildman–Crippen LogP) is -3.47. The number of hydrogen-bond donors (Lipinski definition) is 11. The van der Waals surface area contributed by atoms with Crippen LogP contribution in [0.25, 0.3) is 0 Å². The van der Waals surface area contributed by atoms with Crippen molar-refractivity contribution in [1.29, 1.82) is 0 Å². The van der Waals surface area contributed by atoms with Gasteiger partial charge in [-0.25, -0.2) is 9.78 Å². The number of aromatic amines is 1. The van der Waals surface area contributed by atoms with E-state index in [0.29, 0.717) is 11.3 Å². The first-order chi connectivity index (χ1) is 21.2. The van der Waals surface area contributed by atoms with E-state index in [4.69, 9.17) is 11.5 Å². The van der Waals surface area contributed by atoms with Gasteiger partial charge in [0.05, 0.1) is 25.2 Å². The topological polar surface area (TPSA) is 309 Å². The van der Waals surface area contributed by atoms with E-state index in [-0.39, 0.29) is 24.3 Å². The van der Waals surface area contributed by atoms with Gasteiger partial charge < -0.3 is 53.0 Å². The Morgan fingerprint density at radius 1 is 0.800 bits per heavy atom. The number of carboxylic acids is 2. The Morgan fingerprint density at radius 3 is 1.84 bits per heavy atom. The van der Waals surface area contributed by atoms with Crippen LogP contribution in [-0.4, -0.2) is 103 Å². The molecule has 0 spiro atoms. The van der Waals surface area contributed by atoms with Gasteiger partial charge in [0.25, 0.3) is 0 Å². The van der Waals surface area contributed by atoms with Gasteiger partial charge in [0, 0.05) is 24.1 Å². The van der Waals surface area contributed by atoms with Crippen LogP contribution in [0.5, 0.6) is 5.75 Å². The molecule has 12 N–H and O–H groups in total. The number of thiol groups is 1. The molecule has 0 fully saturated rings. The number of carbonyl (C=O) groups is 7. The molecule has 0 saturated carbocycles. The molecule has 244 valence electrons. The van der Waals surface area contributed by atoms with Crippen molar-refractivity contribution in [1.82, 2.24) is 31.2 Å². The minimum absolute atomic E-state index is 0.0140. The average Bonchev–Trinajstić information content (AvgIpc) is 3.48. The van der Waals surface area contributed by atoms with Crippen LogP contribution < -0.4 is 32.7 Å². The van der Waals surface area contributed by atoms with E-state index in [0.717, 1.165) is 0 Å². The lowest BCUT2D eigenvalue weighted by Crippen LogP contribution is -2.59. The molecule has 0 aliphatic carbocycles. The number of benzene rings is 1. The smallest absolute Gasteiger partial charge is 0.327 e. The van der Waals surface area contributed by atoms with Crippen molar-refractivity contribution in [3.8, 4) is 5.75 Å². The number of carboxylic acid groups (broad SMARTS) is 2. The molecule has 0 unspecified atom stereocenters. The van der Waals surface area contributed by atoms with Gasteiger partial charge in [-0.2, -0.15) is 12.6 Å². The third kappa shape index (κ3) is 12.2. The summed E-state index contributed by atoms with van der Waals surface area (Å²) in [7, 11) is 0. The lowest BCUT2D eigenvalue weighted by atomic mass is 10.0. The zero-order valence-corrected chi connectivity index (χ0v) is 24.5. The van der Waals surface area contributed by atoms with Crippen molar-refractivity contribution in [2.75, 3.05) is 5.75 Å². The first-order valence-corrected chi connectivity index (χ1v) is 13.9. The Balaban J connectivity index is 2.21. The number of carbonyl (C=O) groups excluding carboxylic acids is 5. The summed E-state index contributed by atoms with van der Waals surface area (Å²) in [5.74, 6) is -8.37. The van der Waals surface area contributed by atoms with Crippen LogP contribution in [0.1, 0.15) is 24.1 Å². The summed E-state index contributed by atoms with van der Waals surface area (Å²) in [6, 6.07) is -1.82. The molecule has 45 heavy (non-hydrogen) atoms. The average molecular weight is 651 g/mol. The summed E-state index contributed by atoms with van der Waals surface area (Å²) in [4.78, 5) is 93.2. The maximum atomic E-state index is 13.2. The lowest BCUT2D eigenvalue weighted by Gasteiger charge is -2.25. The third-order valence-electron chi connectivity index (χ3n) is 6.19. The molecule has 0 saturated heterocycles. The number of H-pyrrole nitrogens is 1. The molecule has 0 bridgehead atoms. The van der Waals surface area contributed by atoms with Crippen LogP contribution in [0.15, 0.2) is 36.8 Å². The molecule has 19 heteroatoms. The van der Waals surface area contributed by atoms with Crippen molar-refractivity contribution in [3.63, 3.8) is 0 Å². The first kappa shape index (κ1) is 36.0. The Bertz CT molecular complexity index is 1370. The Morgan fingerprint density at radius 2 is 1.33 bits per heavy atom. The summed E-state index contributed by atoms with van der Waals surface area (Å²) in [5.41, 5.74) is 12.1. The summed E-state index contributed by atoms with van der Waals surface area (Å²) in [6.45, 7) is 0. The number of aliphatic carboxylic acids is 2. The molecule has 5 amide bonds. The first-order valence-electron chi connectivity index (χ1n) is 13.3. The number of primary amides is 1. The number of phenolic OH excluding ortho intramolecular Hbond substituents is 1. The van der Waals surface area contributed by atoms with Gasteiger partial charge in [-0.1, -0.05) is 12.1 Å². The van der Waals surface area contributed by atoms with Gasteiger partial charge >= 0.3 is 11.9 Å². The normalized spacial score (nSPS) is 14.1. The molecule has 2 rings (SSSR count). The highest BCUT2D eigenvalue weighted by molar-refractivity contribution is 7.80. The van der Waals surface area contributed by atoms with Crippen molar-refractivity contribution < 1.29 is 48.9 Å². The van der Waals surface area contributed by atoms with Gasteiger partial charge in [0.15, 0.2) is 0 Å². The Labute approximate surface area is 261 Å². The third-order valence-corrected chi connectivity index (χ3v) is 6.55. The highest BCUT2D eigenvalue weighted by atomic mass is 32.1. The van der Waals surface area contributed by atoms with Crippen LogP contribution in [0.2, 0.25) is 0 Å². The molecule has 1 heterocycles. The van der Waals surface area contributed by atoms with Crippen molar-refractivity contribution in [2.45, 2.75) is 55.9 Å². The predicted molar refractivity (Wildman–Crippen MR) is 157 cm³/mol. The van der Waals surface area contributed by atoms with E-state index < -0.39 is 84.5 Å². The summed E-state index contributed by atoms with van der Waals surface area (Å²) in [6.07, 6.45) is 0.662. The second kappa shape index (κ2) is 17.2. The summed E-state index contributed by atoms with van der Waals surface area (Å²) < 4.78 is 0. The van der Waals surface area contributed by atoms with Crippen LogP contribution in [0.4, 0.5) is 0 Å². The molecular weight excluding hydrogens is 616 g/mol. The van der Waals surface area contributed by atoms with E-state index in [1.165, 1.54) is 36.8 Å². The maximum absolute atomic E-state index is 13.2. The van der Waals surface area contributed by atoms with Crippen molar-refractivity contribution in [2.24, 2.45) is 11.5 Å². The fourth-order valence-electron chi connectivity index (χ4n) is 3.88. The number of imidazole rings is 1. The van der Waals surface area contributed by atoms with Crippen LogP contribution in [0.3, 0.4) is 0 Å². The van der Waals surface area contributed by atoms with Crippen LogP contribution in [0, 0.1) is 0 Å². The minimum atomic E-state index is -1.75. The Hall–Kier alpha value is -5.17. The van der Waals surface area contributed by atoms with E-state index >= 15 is 0 Å². The second-order valence-corrected chi connectivity index (χ2v) is 10.2. The fraction of sp³-hybridized carbons (Fsp3) is 0.385. The number of aromatic hydroxyl groups is 1.